The standard InChI is InChI=1S/C19H30N2O3S/c1-13(2)18(19(22)20-16-9-5-14(3)6-10-16)21-25(23,24)17-11-7-15(4)8-12-17/h7-8,11-14,16,18,21H,5-6,9-10H2,1-4H3,(H,20,22)/t14?,16?,18-/m1/s1. The molecule has 0 unspecified atom stereocenters. The number of benzene rings is 1. The first kappa shape index (κ1) is 19.9. The Labute approximate surface area is 151 Å². The van der Waals surface area contributed by atoms with Crippen molar-refractivity contribution in [1.82, 2.24) is 10.0 Å². The van der Waals surface area contributed by atoms with Crippen LogP contribution >= 0.6 is 0 Å². The molecule has 2 N–H and O–H groups in total. The number of sulfonamides is 1. The van der Waals surface area contributed by atoms with Gasteiger partial charge in [0.15, 0.2) is 0 Å². The van der Waals surface area contributed by atoms with E-state index in [1.807, 2.05) is 20.8 Å². The molecule has 0 spiro atoms. The molecule has 1 fully saturated rings. The highest BCUT2D eigenvalue weighted by atomic mass is 32.2. The van der Waals surface area contributed by atoms with E-state index in [2.05, 4.69) is 17.0 Å². The van der Waals surface area contributed by atoms with E-state index in [0.717, 1.165) is 31.2 Å². The minimum atomic E-state index is -3.73. The van der Waals surface area contributed by atoms with E-state index < -0.39 is 16.1 Å². The van der Waals surface area contributed by atoms with Gasteiger partial charge in [0.2, 0.25) is 15.9 Å². The van der Waals surface area contributed by atoms with Crippen LogP contribution in [0.4, 0.5) is 0 Å². The summed E-state index contributed by atoms with van der Waals surface area (Å²) in [5, 5.41) is 3.04. The van der Waals surface area contributed by atoms with E-state index in [-0.39, 0.29) is 22.8 Å². The van der Waals surface area contributed by atoms with Crippen LogP contribution in [-0.4, -0.2) is 26.4 Å². The van der Waals surface area contributed by atoms with Crippen molar-refractivity contribution >= 4 is 15.9 Å². The molecule has 25 heavy (non-hydrogen) atoms. The molecule has 0 aliphatic heterocycles. The second-order valence-electron chi connectivity index (χ2n) is 7.62. The third kappa shape index (κ3) is 5.54. The van der Waals surface area contributed by atoms with Crippen LogP contribution in [0.2, 0.25) is 0 Å². The topological polar surface area (TPSA) is 75.3 Å². The van der Waals surface area contributed by atoms with Crippen LogP contribution in [0.25, 0.3) is 0 Å². The van der Waals surface area contributed by atoms with Gasteiger partial charge in [-0.15, -0.1) is 0 Å². The highest BCUT2D eigenvalue weighted by molar-refractivity contribution is 7.89. The number of carbonyl (C=O) groups excluding carboxylic acids is 1. The first-order valence-electron chi connectivity index (χ1n) is 9.08. The average molecular weight is 367 g/mol. The van der Waals surface area contributed by atoms with Crippen LogP contribution in [0.15, 0.2) is 29.2 Å². The van der Waals surface area contributed by atoms with Gasteiger partial charge in [-0.25, -0.2) is 8.42 Å². The number of aryl methyl sites for hydroxylation is 1. The third-order valence-electron chi connectivity index (χ3n) is 4.92. The predicted octanol–water partition coefficient (Wildman–Crippen LogP) is 2.99. The monoisotopic (exact) mass is 366 g/mol. The Bertz CT molecular complexity index is 675. The van der Waals surface area contributed by atoms with Crippen LogP contribution in [0.3, 0.4) is 0 Å². The van der Waals surface area contributed by atoms with Gasteiger partial charge in [-0.2, -0.15) is 4.72 Å². The number of carbonyl (C=O) groups is 1. The Hall–Kier alpha value is -1.40. The lowest BCUT2D eigenvalue weighted by Crippen LogP contribution is -2.52. The van der Waals surface area contributed by atoms with Gasteiger partial charge in [-0.1, -0.05) is 38.5 Å². The highest BCUT2D eigenvalue weighted by Crippen LogP contribution is 2.23. The third-order valence-corrected chi connectivity index (χ3v) is 6.38. The van der Waals surface area contributed by atoms with Crippen molar-refractivity contribution in [3.05, 3.63) is 29.8 Å². The van der Waals surface area contributed by atoms with Crippen LogP contribution in [0.1, 0.15) is 52.0 Å². The van der Waals surface area contributed by atoms with Crippen molar-refractivity contribution in [3.8, 4) is 0 Å². The summed E-state index contributed by atoms with van der Waals surface area (Å²) in [7, 11) is -3.73. The van der Waals surface area contributed by atoms with Gasteiger partial charge < -0.3 is 5.32 Å². The van der Waals surface area contributed by atoms with Gasteiger partial charge in [-0.05, 0) is 56.6 Å². The first-order valence-corrected chi connectivity index (χ1v) is 10.6. The number of nitrogens with one attached hydrogen (secondary N) is 2. The number of amides is 1. The molecular weight excluding hydrogens is 336 g/mol. The fourth-order valence-electron chi connectivity index (χ4n) is 3.14. The fraction of sp³-hybridized carbons (Fsp3) is 0.632. The molecule has 1 aromatic rings. The summed E-state index contributed by atoms with van der Waals surface area (Å²) in [6.07, 6.45) is 4.13. The van der Waals surface area contributed by atoms with Crippen LogP contribution in [0, 0.1) is 18.8 Å². The van der Waals surface area contributed by atoms with Gasteiger partial charge in [-0.3, -0.25) is 4.79 Å². The van der Waals surface area contributed by atoms with E-state index in [0.29, 0.717) is 5.92 Å². The van der Waals surface area contributed by atoms with Gasteiger partial charge in [0, 0.05) is 6.04 Å². The maximum atomic E-state index is 12.7. The van der Waals surface area contributed by atoms with Gasteiger partial charge in [0.05, 0.1) is 4.90 Å². The fourth-order valence-corrected chi connectivity index (χ4v) is 4.48. The molecular formula is C19H30N2O3S. The van der Waals surface area contributed by atoms with E-state index in [4.69, 9.17) is 0 Å². The Morgan fingerprint density at radius 1 is 1.08 bits per heavy atom. The first-order chi connectivity index (χ1) is 11.7. The van der Waals surface area contributed by atoms with Crippen LogP contribution in [0.5, 0.6) is 0 Å². The number of rotatable bonds is 6. The minimum Gasteiger partial charge on any atom is -0.352 e. The Balaban J connectivity index is 2.06. The van der Waals surface area contributed by atoms with Gasteiger partial charge in [0.25, 0.3) is 0 Å². The molecule has 0 heterocycles. The Morgan fingerprint density at radius 3 is 2.16 bits per heavy atom. The molecule has 6 heteroatoms. The zero-order valence-corrected chi connectivity index (χ0v) is 16.4. The van der Waals surface area contributed by atoms with E-state index in [9.17, 15) is 13.2 Å². The van der Waals surface area contributed by atoms with Crippen LogP contribution in [-0.2, 0) is 14.8 Å². The SMILES string of the molecule is Cc1ccc(S(=O)(=O)N[C@@H](C(=O)NC2CCC(C)CC2)C(C)C)cc1. The van der Waals surface area contributed by atoms with Crippen molar-refractivity contribution in [1.29, 1.82) is 0 Å². The summed E-state index contributed by atoms with van der Waals surface area (Å²) >= 11 is 0. The summed E-state index contributed by atoms with van der Waals surface area (Å²) in [4.78, 5) is 12.8. The Kier molecular flexibility index (Phi) is 6.63. The quantitative estimate of drug-likeness (QED) is 0.813. The molecule has 0 aromatic heterocycles. The van der Waals surface area contributed by atoms with E-state index >= 15 is 0 Å². The van der Waals surface area contributed by atoms with E-state index in [1.54, 1.807) is 24.3 Å². The second-order valence-corrected chi connectivity index (χ2v) is 9.34. The summed E-state index contributed by atoms with van der Waals surface area (Å²) < 4.78 is 27.8. The maximum Gasteiger partial charge on any atom is 0.241 e. The molecule has 1 aliphatic rings. The van der Waals surface area contributed by atoms with Crippen molar-refractivity contribution in [2.45, 2.75) is 70.4 Å². The molecule has 1 saturated carbocycles. The van der Waals surface area contributed by atoms with Crippen molar-refractivity contribution < 1.29 is 13.2 Å². The molecule has 1 amide bonds. The lowest BCUT2D eigenvalue weighted by atomic mass is 9.87. The Morgan fingerprint density at radius 2 is 1.64 bits per heavy atom. The normalized spacial score (nSPS) is 22.6. The lowest BCUT2D eigenvalue weighted by Gasteiger charge is -2.29. The summed E-state index contributed by atoms with van der Waals surface area (Å²) in [6.45, 7) is 7.83. The second kappa shape index (κ2) is 8.32. The molecule has 0 bridgehead atoms. The van der Waals surface area contributed by atoms with Crippen molar-refractivity contribution in [2.24, 2.45) is 11.8 Å². The number of hydrogen-bond acceptors (Lipinski definition) is 3. The molecule has 0 saturated heterocycles. The molecule has 1 atom stereocenters. The lowest BCUT2D eigenvalue weighted by molar-refractivity contribution is -0.124. The zero-order valence-electron chi connectivity index (χ0n) is 15.6. The van der Waals surface area contributed by atoms with Crippen molar-refractivity contribution in [2.75, 3.05) is 0 Å². The van der Waals surface area contributed by atoms with Gasteiger partial charge in [0.1, 0.15) is 6.04 Å². The molecule has 0 radical (unpaired) electrons. The molecule has 1 aliphatic carbocycles. The average Bonchev–Trinajstić information content (AvgIpc) is 2.55. The molecule has 1 aromatic carbocycles. The molecule has 140 valence electrons. The highest BCUT2D eigenvalue weighted by Gasteiger charge is 2.30. The zero-order chi connectivity index (χ0) is 18.6. The summed E-state index contributed by atoms with van der Waals surface area (Å²) in [5.74, 6) is 0.335. The van der Waals surface area contributed by atoms with Crippen molar-refractivity contribution in [3.63, 3.8) is 0 Å². The molecule has 5 nitrogen and oxygen atoms in total. The summed E-state index contributed by atoms with van der Waals surface area (Å²) in [6, 6.07) is 6.01. The predicted molar refractivity (Wildman–Crippen MR) is 99.7 cm³/mol. The van der Waals surface area contributed by atoms with Gasteiger partial charge >= 0.3 is 0 Å². The van der Waals surface area contributed by atoms with E-state index in [1.165, 1.54) is 0 Å². The summed E-state index contributed by atoms with van der Waals surface area (Å²) in [5.41, 5.74) is 0.989. The molecule has 2 rings (SSSR count). The maximum absolute atomic E-state index is 12.7. The number of hydrogen-bond donors (Lipinski definition) is 2. The van der Waals surface area contributed by atoms with Crippen LogP contribution < -0.4 is 10.0 Å². The minimum absolute atomic E-state index is 0.136. The smallest absolute Gasteiger partial charge is 0.241 e. The largest absolute Gasteiger partial charge is 0.352 e.